The van der Waals surface area contributed by atoms with E-state index in [-0.39, 0.29) is 13.2 Å². The number of aldehydes is 1. The van der Waals surface area contributed by atoms with Crippen LogP contribution in [0.5, 0.6) is 0 Å². The lowest BCUT2D eigenvalue weighted by Gasteiger charge is -2.31. The molecule has 1 aliphatic heterocycles. The maximum Gasteiger partial charge on any atom is 0.263 e. The first kappa shape index (κ1) is 19.4. The molecule has 1 saturated heterocycles. The van der Waals surface area contributed by atoms with Crippen LogP contribution < -0.4 is 5.84 Å². The molecule has 0 aliphatic carbocycles. The summed E-state index contributed by atoms with van der Waals surface area (Å²) in [6, 6.07) is 0. The molecule has 6 nitrogen and oxygen atoms in total. The molecule has 1 atom stereocenters. The van der Waals surface area contributed by atoms with E-state index in [1.54, 1.807) is 32.1 Å². The van der Waals surface area contributed by atoms with Crippen LogP contribution in [-0.4, -0.2) is 36.5 Å². The van der Waals surface area contributed by atoms with Gasteiger partial charge in [-0.05, 0) is 38.5 Å². The van der Waals surface area contributed by atoms with Crippen molar-refractivity contribution in [2.75, 3.05) is 13.2 Å². The number of carbonyl (C=O) groups excluding carboxylic acids is 2. The van der Waals surface area contributed by atoms with E-state index in [0.29, 0.717) is 29.0 Å². The third kappa shape index (κ3) is 5.24. The molecule has 1 rings (SSSR count). The van der Waals surface area contributed by atoms with E-state index in [9.17, 15) is 9.59 Å². The lowest BCUT2D eigenvalue weighted by atomic mass is 10.1. The molecule has 0 aromatic rings. The number of amides is 1. The van der Waals surface area contributed by atoms with Gasteiger partial charge in [0.1, 0.15) is 12.9 Å². The lowest BCUT2D eigenvalue weighted by molar-refractivity contribution is -0.130. The van der Waals surface area contributed by atoms with Crippen molar-refractivity contribution in [1.82, 2.24) is 5.01 Å². The molecule has 6 heteroatoms. The van der Waals surface area contributed by atoms with Gasteiger partial charge in [0, 0.05) is 5.57 Å². The fraction of sp³-hybridized carbons (Fsp3) is 0.333. The summed E-state index contributed by atoms with van der Waals surface area (Å²) in [5, 5.41) is 1.03. The summed E-state index contributed by atoms with van der Waals surface area (Å²) in [6.07, 6.45) is 8.99. The van der Waals surface area contributed by atoms with Gasteiger partial charge in [-0.25, -0.2) is 5.84 Å². The lowest BCUT2D eigenvalue weighted by Crippen LogP contribution is -2.46. The van der Waals surface area contributed by atoms with Crippen molar-refractivity contribution < 1.29 is 19.1 Å². The minimum atomic E-state index is -0.423. The predicted octanol–water partition coefficient (Wildman–Crippen LogP) is 2.17. The largest absolute Gasteiger partial charge is 0.486 e. The Hall–Kier alpha value is -2.60. The Morgan fingerprint density at radius 2 is 2.08 bits per heavy atom. The number of carbonyl (C=O) groups is 2. The number of hydrogen-bond donors (Lipinski definition) is 1. The van der Waals surface area contributed by atoms with Crippen molar-refractivity contribution in [3.05, 3.63) is 59.6 Å². The van der Waals surface area contributed by atoms with E-state index in [1.807, 2.05) is 19.1 Å². The van der Waals surface area contributed by atoms with Crippen molar-refractivity contribution >= 4 is 12.2 Å². The topological polar surface area (TPSA) is 81.9 Å². The molecule has 2 N–H and O–H groups in total. The molecule has 1 aliphatic rings. The number of allylic oxidation sites excluding steroid dienone is 6. The SMILES string of the molecule is C=C/C=C1/OC(CN(N)C(=O)/C(C)=C(/C)C=O)CO/C1=C/C=C\C. The number of nitrogens with two attached hydrogens (primary N) is 1. The van der Waals surface area contributed by atoms with Gasteiger partial charge in [-0.1, -0.05) is 24.8 Å². The van der Waals surface area contributed by atoms with Gasteiger partial charge in [-0.15, -0.1) is 0 Å². The first-order valence-corrected chi connectivity index (χ1v) is 7.59. The third-order valence-electron chi connectivity index (χ3n) is 3.42. The molecular weight excluding hydrogens is 308 g/mol. The fourth-order valence-corrected chi connectivity index (χ4v) is 1.93. The Balaban J connectivity index is 2.80. The Bertz CT molecular complexity index is 615. The molecular formula is C18H24N2O4. The van der Waals surface area contributed by atoms with Crippen LogP contribution in [0.4, 0.5) is 0 Å². The van der Waals surface area contributed by atoms with Crippen molar-refractivity contribution in [2.24, 2.45) is 5.84 Å². The van der Waals surface area contributed by atoms with Crippen molar-refractivity contribution in [3.8, 4) is 0 Å². The van der Waals surface area contributed by atoms with Gasteiger partial charge in [0.15, 0.2) is 17.6 Å². The molecule has 0 radical (unpaired) electrons. The Kier molecular flexibility index (Phi) is 7.71. The Labute approximate surface area is 142 Å². The highest BCUT2D eigenvalue weighted by Gasteiger charge is 2.26. The number of ether oxygens (including phenoxy) is 2. The molecule has 1 heterocycles. The average Bonchev–Trinajstić information content (AvgIpc) is 2.59. The highest BCUT2D eigenvalue weighted by Crippen LogP contribution is 2.23. The average molecular weight is 332 g/mol. The van der Waals surface area contributed by atoms with Crippen molar-refractivity contribution in [2.45, 2.75) is 26.9 Å². The molecule has 0 spiro atoms. The highest BCUT2D eigenvalue weighted by molar-refractivity contribution is 5.97. The second kappa shape index (κ2) is 9.52. The first-order valence-electron chi connectivity index (χ1n) is 7.59. The molecule has 0 aromatic heterocycles. The Morgan fingerprint density at radius 1 is 1.38 bits per heavy atom. The summed E-state index contributed by atoms with van der Waals surface area (Å²) in [4.78, 5) is 22.9. The van der Waals surface area contributed by atoms with E-state index in [0.717, 1.165) is 5.01 Å². The van der Waals surface area contributed by atoms with E-state index in [4.69, 9.17) is 15.3 Å². The van der Waals surface area contributed by atoms with Gasteiger partial charge in [0.25, 0.3) is 5.91 Å². The molecule has 1 amide bonds. The monoisotopic (exact) mass is 332 g/mol. The smallest absolute Gasteiger partial charge is 0.263 e. The minimum Gasteiger partial charge on any atom is -0.486 e. The summed E-state index contributed by atoms with van der Waals surface area (Å²) < 4.78 is 11.5. The van der Waals surface area contributed by atoms with Gasteiger partial charge in [0.05, 0.1) is 6.54 Å². The highest BCUT2D eigenvalue weighted by atomic mass is 16.6. The summed E-state index contributed by atoms with van der Waals surface area (Å²) in [6.45, 7) is 9.07. The zero-order valence-electron chi connectivity index (χ0n) is 14.3. The minimum absolute atomic E-state index is 0.133. The quantitative estimate of drug-likeness (QED) is 0.265. The second-order valence-electron chi connectivity index (χ2n) is 5.26. The summed E-state index contributed by atoms with van der Waals surface area (Å²) >= 11 is 0. The zero-order valence-corrected chi connectivity index (χ0v) is 14.3. The molecule has 1 unspecified atom stereocenters. The Morgan fingerprint density at radius 3 is 2.67 bits per heavy atom. The van der Waals surface area contributed by atoms with Crippen LogP contribution in [-0.2, 0) is 19.1 Å². The number of nitrogens with zero attached hydrogens (tertiary/aromatic N) is 1. The number of hydrogen-bond acceptors (Lipinski definition) is 5. The molecule has 1 fully saturated rings. The normalized spacial score (nSPS) is 21.9. The molecule has 0 aromatic carbocycles. The second-order valence-corrected chi connectivity index (χ2v) is 5.26. The summed E-state index contributed by atoms with van der Waals surface area (Å²) in [5.74, 6) is 6.50. The molecule has 0 saturated carbocycles. The van der Waals surface area contributed by atoms with E-state index in [1.165, 1.54) is 0 Å². The van der Waals surface area contributed by atoms with Gasteiger partial charge in [0.2, 0.25) is 0 Å². The van der Waals surface area contributed by atoms with Crippen LogP contribution in [0.1, 0.15) is 20.8 Å². The van der Waals surface area contributed by atoms with E-state index >= 15 is 0 Å². The third-order valence-corrected chi connectivity index (χ3v) is 3.42. The van der Waals surface area contributed by atoms with E-state index < -0.39 is 12.0 Å². The first-order chi connectivity index (χ1) is 11.4. The van der Waals surface area contributed by atoms with Crippen molar-refractivity contribution in [3.63, 3.8) is 0 Å². The molecule has 24 heavy (non-hydrogen) atoms. The van der Waals surface area contributed by atoms with Crippen LogP contribution in [0.25, 0.3) is 0 Å². The standard InChI is InChI=1S/C18H24N2O4/c1-5-7-9-16-17(8-6-2)24-15(12-23-16)10-20(19)18(22)14(4)13(3)11-21/h5-9,11,15H,2,10,12,19H2,1,3-4H3/b7-5-,14-13-,16-9+,17-8+. The van der Waals surface area contributed by atoms with Gasteiger partial charge in [-0.2, -0.15) is 0 Å². The number of rotatable bonds is 6. The zero-order chi connectivity index (χ0) is 18.1. The number of hydrazine groups is 1. The molecule has 0 bridgehead atoms. The fourth-order valence-electron chi connectivity index (χ4n) is 1.93. The van der Waals surface area contributed by atoms with Gasteiger partial charge < -0.3 is 9.47 Å². The summed E-state index contributed by atoms with van der Waals surface area (Å²) in [5.41, 5.74) is 0.653. The van der Waals surface area contributed by atoms with Crippen LogP contribution in [0, 0.1) is 0 Å². The maximum absolute atomic E-state index is 12.2. The summed E-state index contributed by atoms with van der Waals surface area (Å²) in [7, 11) is 0. The predicted molar refractivity (Wildman–Crippen MR) is 92.3 cm³/mol. The maximum atomic E-state index is 12.2. The van der Waals surface area contributed by atoms with Crippen molar-refractivity contribution in [1.29, 1.82) is 0 Å². The van der Waals surface area contributed by atoms with Crippen LogP contribution >= 0.6 is 0 Å². The van der Waals surface area contributed by atoms with Crippen LogP contribution in [0.3, 0.4) is 0 Å². The van der Waals surface area contributed by atoms with E-state index in [2.05, 4.69) is 6.58 Å². The molecule has 130 valence electrons. The van der Waals surface area contributed by atoms with Crippen LogP contribution in [0.2, 0.25) is 0 Å². The van der Waals surface area contributed by atoms with Crippen LogP contribution in [0.15, 0.2) is 59.6 Å². The van der Waals surface area contributed by atoms with Gasteiger partial charge in [-0.3, -0.25) is 14.6 Å². The van der Waals surface area contributed by atoms with Gasteiger partial charge >= 0.3 is 0 Å².